The molecule has 1 atom stereocenters. The van der Waals surface area contributed by atoms with Gasteiger partial charge in [0.25, 0.3) is 0 Å². The number of fused-ring (bicyclic) bond motifs is 1. The number of allylic oxidation sites excluding steroid dienone is 1. The normalized spacial score (nSPS) is 14.9. The molecule has 0 fully saturated rings. The molecule has 0 bridgehead atoms. The van der Waals surface area contributed by atoms with Crippen LogP contribution in [0.4, 0.5) is 0 Å². The number of benzene rings is 3. The van der Waals surface area contributed by atoms with Crippen molar-refractivity contribution in [3.63, 3.8) is 0 Å². The predicted molar refractivity (Wildman–Crippen MR) is 123 cm³/mol. The Morgan fingerprint density at radius 2 is 1.88 bits per heavy atom. The largest absolute Gasteiger partial charge is 0.440 e. The summed E-state index contributed by atoms with van der Waals surface area (Å²) in [7, 11) is 0. The van der Waals surface area contributed by atoms with Gasteiger partial charge in [-0.05, 0) is 41.8 Å². The predicted octanol–water partition coefficient (Wildman–Crippen LogP) is 5.99. The summed E-state index contributed by atoms with van der Waals surface area (Å²) in [4.78, 5) is 12.6. The zero-order valence-corrected chi connectivity index (χ0v) is 18.6. The molecule has 1 unspecified atom stereocenters. The van der Waals surface area contributed by atoms with Crippen LogP contribution in [0.2, 0.25) is 10.0 Å². The van der Waals surface area contributed by atoms with Crippen LogP contribution in [0.5, 0.6) is 11.5 Å². The molecule has 32 heavy (non-hydrogen) atoms. The van der Waals surface area contributed by atoms with E-state index in [4.69, 9.17) is 38.4 Å². The van der Waals surface area contributed by atoms with E-state index in [-0.39, 0.29) is 28.1 Å². The number of hydrogen-bond donors (Lipinski definition) is 1. The van der Waals surface area contributed by atoms with Gasteiger partial charge in [0, 0.05) is 16.7 Å². The molecule has 1 heterocycles. The Kier molecular flexibility index (Phi) is 6.09. The third-order valence-corrected chi connectivity index (χ3v) is 5.82. The monoisotopic (exact) mass is 464 g/mol. The molecule has 1 aliphatic heterocycles. The van der Waals surface area contributed by atoms with Gasteiger partial charge in [-0.2, -0.15) is 5.26 Å². The maximum Gasteiger partial charge on any atom is 0.345 e. The molecular formula is C25H18Cl2N2O3. The van der Waals surface area contributed by atoms with Crippen LogP contribution in [0.3, 0.4) is 0 Å². The number of aryl methyl sites for hydroxylation is 1. The standard InChI is InChI=1S/C25H18Cl2N2O3/c1-2-14-3-5-15(6-4-14)23-19-10-8-17(12-22(19)32-24(29)20(23)13-28)31-25(30)18-9-7-16(26)11-21(18)27/h3-12,23H,2,29H2,1H3. The van der Waals surface area contributed by atoms with Gasteiger partial charge in [-0.1, -0.05) is 60.5 Å². The van der Waals surface area contributed by atoms with Gasteiger partial charge in [0.2, 0.25) is 5.88 Å². The molecule has 0 radical (unpaired) electrons. The zero-order valence-electron chi connectivity index (χ0n) is 17.1. The van der Waals surface area contributed by atoms with Crippen LogP contribution in [-0.4, -0.2) is 5.97 Å². The highest BCUT2D eigenvalue weighted by Gasteiger charge is 2.31. The van der Waals surface area contributed by atoms with Crippen LogP contribution in [-0.2, 0) is 6.42 Å². The number of halogens is 2. The van der Waals surface area contributed by atoms with E-state index in [9.17, 15) is 10.1 Å². The van der Waals surface area contributed by atoms with E-state index in [0.29, 0.717) is 16.3 Å². The molecule has 1 aliphatic rings. The average molecular weight is 465 g/mol. The summed E-state index contributed by atoms with van der Waals surface area (Å²) in [5.74, 6) is -0.319. The number of esters is 1. The maximum atomic E-state index is 12.6. The molecule has 3 aromatic carbocycles. The first kappa shape index (κ1) is 21.8. The summed E-state index contributed by atoms with van der Waals surface area (Å²) < 4.78 is 11.2. The van der Waals surface area contributed by atoms with Gasteiger partial charge in [-0.25, -0.2) is 4.79 Å². The Morgan fingerprint density at radius 3 is 2.53 bits per heavy atom. The van der Waals surface area contributed by atoms with Crippen LogP contribution in [0, 0.1) is 11.3 Å². The van der Waals surface area contributed by atoms with Crippen molar-refractivity contribution >= 4 is 29.2 Å². The molecule has 0 amide bonds. The van der Waals surface area contributed by atoms with Crippen molar-refractivity contribution < 1.29 is 14.3 Å². The number of nitriles is 1. The fourth-order valence-electron chi connectivity index (χ4n) is 3.60. The second-order valence-electron chi connectivity index (χ2n) is 7.23. The van der Waals surface area contributed by atoms with Crippen LogP contribution >= 0.6 is 23.2 Å². The Bertz CT molecular complexity index is 1280. The Labute approximate surface area is 195 Å². The first-order chi connectivity index (χ1) is 15.4. The van der Waals surface area contributed by atoms with Crippen LogP contribution < -0.4 is 15.2 Å². The highest BCUT2D eigenvalue weighted by Crippen LogP contribution is 2.43. The van der Waals surface area contributed by atoms with Gasteiger partial charge in [0.15, 0.2) is 0 Å². The molecule has 160 valence electrons. The third-order valence-electron chi connectivity index (χ3n) is 5.27. The smallest absolute Gasteiger partial charge is 0.345 e. The number of carbonyl (C=O) groups excluding carboxylic acids is 1. The van der Waals surface area contributed by atoms with Crippen molar-refractivity contribution in [2.24, 2.45) is 5.73 Å². The number of nitrogens with two attached hydrogens (primary N) is 1. The van der Waals surface area contributed by atoms with Crippen LogP contribution in [0.1, 0.15) is 39.9 Å². The minimum absolute atomic E-state index is 0.0220. The molecule has 0 saturated carbocycles. The van der Waals surface area contributed by atoms with Gasteiger partial charge >= 0.3 is 5.97 Å². The molecule has 0 aliphatic carbocycles. The quantitative estimate of drug-likeness (QED) is 0.378. The summed E-state index contributed by atoms with van der Waals surface area (Å²) in [6, 6.07) is 19.7. The van der Waals surface area contributed by atoms with E-state index < -0.39 is 5.97 Å². The lowest BCUT2D eigenvalue weighted by Gasteiger charge is -2.26. The van der Waals surface area contributed by atoms with Crippen molar-refractivity contribution in [3.8, 4) is 17.6 Å². The molecule has 7 heteroatoms. The highest BCUT2D eigenvalue weighted by molar-refractivity contribution is 6.36. The molecule has 4 rings (SSSR count). The van der Waals surface area contributed by atoms with E-state index in [1.54, 1.807) is 24.3 Å². The molecule has 0 aromatic heterocycles. The molecule has 0 spiro atoms. The SMILES string of the molecule is CCc1ccc(C2C(C#N)=C(N)Oc3cc(OC(=O)c4ccc(Cl)cc4Cl)ccc32)cc1. The molecule has 0 saturated heterocycles. The van der Waals surface area contributed by atoms with Gasteiger partial charge in [-0.3, -0.25) is 0 Å². The van der Waals surface area contributed by atoms with Crippen molar-refractivity contribution in [1.29, 1.82) is 5.26 Å². The summed E-state index contributed by atoms with van der Waals surface area (Å²) in [6.45, 7) is 2.08. The minimum atomic E-state index is -0.629. The lowest BCUT2D eigenvalue weighted by molar-refractivity contribution is 0.0734. The van der Waals surface area contributed by atoms with E-state index in [1.807, 2.05) is 24.3 Å². The molecule has 2 N–H and O–H groups in total. The fourth-order valence-corrected chi connectivity index (χ4v) is 4.09. The van der Waals surface area contributed by atoms with E-state index in [2.05, 4.69) is 13.0 Å². The lowest BCUT2D eigenvalue weighted by Crippen LogP contribution is -2.21. The van der Waals surface area contributed by atoms with Crippen molar-refractivity contribution in [2.45, 2.75) is 19.3 Å². The summed E-state index contributed by atoms with van der Waals surface area (Å²) in [5, 5.41) is 10.3. The van der Waals surface area contributed by atoms with Crippen LogP contribution in [0.25, 0.3) is 0 Å². The second kappa shape index (κ2) is 8.96. The maximum absolute atomic E-state index is 12.6. The van der Waals surface area contributed by atoms with Gasteiger partial charge < -0.3 is 15.2 Å². The lowest BCUT2D eigenvalue weighted by atomic mass is 9.83. The minimum Gasteiger partial charge on any atom is -0.440 e. The van der Waals surface area contributed by atoms with Crippen molar-refractivity contribution in [3.05, 3.63) is 104 Å². The fraction of sp³-hybridized carbons (Fsp3) is 0.120. The molecule has 5 nitrogen and oxygen atoms in total. The zero-order chi connectivity index (χ0) is 22.8. The summed E-state index contributed by atoms with van der Waals surface area (Å²) in [5.41, 5.74) is 9.45. The number of hydrogen-bond acceptors (Lipinski definition) is 5. The molecular weight excluding hydrogens is 447 g/mol. The van der Waals surface area contributed by atoms with E-state index >= 15 is 0 Å². The number of ether oxygens (including phenoxy) is 2. The third kappa shape index (κ3) is 4.16. The topological polar surface area (TPSA) is 85.3 Å². The number of carbonyl (C=O) groups is 1. The van der Waals surface area contributed by atoms with Gasteiger partial charge in [-0.15, -0.1) is 0 Å². The van der Waals surface area contributed by atoms with Crippen molar-refractivity contribution in [1.82, 2.24) is 0 Å². The Morgan fingerprint density at radius 1 is 1.12 bits per heavy atom. The number of rotatable bonds is 4. The first-order valence-corrected chi connectivity index (χ1v) is 10.6. The van der Waals surface area contributed by atoms with E-state index in [1.165, 1.54) is 17.7 Å². The summed E-state index contributed by atoms with van der Waals surface area (Å²) >= 11 is 12.0. The Hall–Kier alpha value is -3.46. The summed E-state index contributed by atoms with van der Waals surface area (Å²) in [6.07, 6.45) is 0.917. The second-order valence-corrected chi connectivity index (χ2v) is 8.08. The van der Waals surface area contributed by atoms with Crippen LogP contribution in [0.15, 0.2) is 72.1 Å². The van der Waals surface area contributed by atoms with Crippen molar-refractivity contribution in [2.75, 3.05) is 0 Å². The number of nitrogens with zero attached hydrogens (tertiary/aromatic N) is 1. The molecule has 3 aromatic rings. The highest BCUT2D eigenvalue weighted by atomic mass is 35.5. The average Bonchev–Trinajstić information content (AvgIpc) is 2.78. The van der Waals surface area contributed by atoms with Gasteiger partial charge in [0.05, 0.1) is 16.5 Å². The Balaban J connectivity index is 1.68. The van der Waals surface area contributed by atoms with E-state index in [0.717, 1.165) is 17.5 Å². The first-order valence-electron chi connectivity index (χ1n) is 9.88. The van der Waals surface area contributed by atoms with Gasteiger partial charge in [0.1, 0.15) is 23.1 Å².